The molecule has 0 aliphatic carbocycles. The Labute approximate surface area is 506 Å². The predicted octanol–water partition coefficient (Wildman–Crippen LogP) is -3.73. The van der Waals surface area contributed by atoms with Gasteiger partial charge < -0.3 is 78.6 Å². The normalized spacial score (nSPS) is 25.5. The second-order valence-corrected chi connectivity index (χ2v) is 24.1. The molecule has 0 radical (unpaired) electrons. The van der Waals surface area contributed by atoms with Gasteiger partial charge in [-0.2, -0.15) is 0 Å². The Balaban J connectivity index is 1.21. The van der Waals surface area contributed by atoms with Crippen LogP contribution >= 0.6 is 11.8 Å². The molecule has 15 N–H and O–H groups in total. The summed E-state index contributed by atoms with van der Waals surface area (Å²) in [5.41, 5.74) is 6.76. The van der Waals surface area contributed by atoms with Crippen molar-refractivity contribution in [2.24, 2.45) is 23.5 Å². The fourth-order valence-electron chi connectivity index (χ4n) is 11.4. The minimum atomic E-state index is -1.79. The molecule has 2 fully saturated rings. The van der Waals surface area contributed by atoms with Crippen LogP contribution in [-0.2, 0) is 70.5 Å². The van der Waals surface area contributed by atoms with Gasteiger partial charge in [-0.3, -0.25) is 67.3 Å². The molecule has 0 unspecified atom stereocenters. The highest BCUT2D eigenvalue weighted by molar-refractivity contribution is 7.99. The number of H-pyrrole nitrogens is 1. The summed E-state index contributed by atoms with van der Waals surface area (Å²) >= 11 is 0.955. The highest BCUT2D eigenvalue weighted by Gasteiger charge is 2.45. The number of piperidine rings is 1. The Morgan fingerprint density at radius 3 is 2.18 bits per heavy atom. The number of primary amides is 1. The molecule has 10 atom stereocenters. The van der Waals surface area contributed by atoms with Crippen LogP contribution in [-0.4, -0.2) is 218 Å². The summed E-state index contributed by atoms with van der Waals surface area (Å²) in [6, 6.07) is -6.54. The second-order valence-electron chi connectivity index (χ2n) is 23.0. The molecule has 1 aromatic carbocycles. The summed E-state index contributed by atoms with van der Waals surface area (Å²) < 4.78 is 0. The number of hydrogen-bond donors (Lipinski definition) is 14. The van der Waals surface area contributed by atoms with Crippen molar-refractivity contribution < 1.29 is 78.0 Å². The number of aliphatic hydroxyl groups excluding tert-OH is 3. The quantitative estimate of drug-likeness (QED) is 0.0504. The number of nitrogens with two attached hydrogens (primary N) is 1. The van der Waals surface area contributed by atoms with Gasteiger partial charge in [-0.1, -0.05) is 33.6 Å². The van der Waals surface area contributed by atoms with Gasteiger partial charge in [0.05, 0.1) is 48.9 Å². The molecular formula is C57H81N13O16S. The van der Waals surface area contributed by atoms with Crippen molar-refractivity contribution in [1.29, 1.82) is 0 Å². The summed E-state index contributed by atoms with van der Waals surface area (Å²) in [7, 11) is 0. The van der Waals surface area contributed by atoms with Crippen molar-refractivity contribution in [3.05, 3.63) is 35.4 Å². The van der Waals surface area contributed by atoms with Crippen LogP contribution in [0.3, 0.4) is 0 Å². The number of aromatic hydroxyl groups is 1. The first kappa shape index (κ1) is 66.8. The van der Waals surface area contributed by atoms with Crippen molar-refractivity contribution in [2.45, 2.75) is 151 Å². The number of aromatic amines is 1. The van der Waals surface area contributed by atoms with Crippen LogP contribution in [0, 0.1) is 17.8 Å². The van der Waals surface area contributed by atoms with Gasteiger partial charge in [-0.05, 0) is 74.7 Å². The standard InChI is InChI=1S/C57H81N13O16S/c1-4-29(2)48-54(84)61-23-44(77)62-38-28-87-56-34(33-9-10-40(73)35(50(33)67-56)26-68-18-14-31(15-19-68)13-16-59-43(76)8-6-5-7-17-69-46(79)11-12-47(69)80)21-36(51(81)60-24-45(78)65-48)63-55(85)49(30(3)41(74)27-71)66-53(83)39-20-32(72)25-70(39)57(86)37(22-42(58)75)64-52(38)82/h9-12,29-32,36-39,41,48-49,67,71-74H,4-8,13-28H2,1-3H3,(H2,58,75)(H,59,76)(H,60,81)(H,61,84)(H,62,77)(H,63,85)(H,64,82)(H,65,78)(H,66,83)/t29-,30-,32+,36+,37-,38-,39-,41-,48-,49-/m0/s1. The number of rotatable bonds is 18. The fraction of sp³-hybridized carbons (Fsp3) is 0.614. The first-order valence-corrected chi connectivity index (χ1v) is 30.6. The maximum atomic E-state index is 14.9. The summed E-state index contributed by atoms with van der Waals surface area (Å²) in [5.74, 6) is -11.5. The average molecular weight is 1240 g/mol. The number of phenols is 1. The monoisotopic (exact) mass is 1240 g/mol. The zero-order valence-corrected chi connectivity index (χ0v) is 49.8. The number of carbonyl (C=O) groups excluding carboxylic acids is 12. The highest BCUT2D eigenvalue weighted by atomic mass is 32.2. The van der Waals surface area contributed by atoms with Crippen molar-refractivity contribution >= 4 is 93.6 Å². The number of imide groups is 1. The van der Waals surface area contributed by atoms with Gasteiger partial charge in [0.2, 0.25) is 59.1 Å². The van der Waals surface area contributed by atoms with Crippen molar-refractivity contribution in [1.82, 2.24) is 62.2 Å². The SMILES string of the molecule is CC[C@H](C)[C@@H]1NC(=O)CNC(=O)[C@H]2Cc3c([nH]c4c(CN5CCC(CCNC(=O)CCCCCN6C(=O)C=CC6=O)CC5)c(O)ccc34)SC[C@H](NC(=O)CNC1=O)C(=O)N[C@@H](CC(N)=O)C(=O)N1C[C@H](O)C[C@H]1C(=O)N[C@@H]([C@@H](C)[C@@H](O)CO)C(=O)N2. The molecule has 12 amide bonds. The molecule has 7 rings (SSSR count). The van der Waals surface area contributed by atoms with Gasteiger partial charge in [-0.15, -0.1) is 11.8 Å². The summed E-state index contributed by atoms with van der Waals surface area (Å²) in [6.07, 6.45) is 2.70. The molecule has 87 heavy (non-hydrogen) atoms. The third-order valence-corrected chi connectivity index (χ3v) is 17.9. The number of thioether (sulfide) groups is 1. The second kappa shape index (κ2) is 30.8. The Morgan fingerprint density at radius 2 is 1.51 bits per heavy atom. The Hall–Kier alpha value is -7.67. The Bertz CT molecular complexity index is 2950. The van der Waals surface area contributed by atoms with Gasteiger partial charge in [0.15, 0.2) is 0 Å². The van der Waals surface area contributed by atoms with Crippen LogP contribution in [0.4, 0.5) is 0 Å². The zero-order valence-electron chi connectivity index (χ0n) is 49.0. The first-order valence-electron chi connectivity index (χ1n) is 29.6. The van der Waals surface area contributed by atoms with Crippen LogP contribution in [0.2, 0.25) is 0 Å². The molecule has 6 heterocycles. The molecule has 0 saturated carbocycles. The maximum absolute atomic E-state index is 14.9. The number of fused-ring (bicyclic) bond motifs is 5. The molecule has 476 valence electrons. The topological polar surface area (TPSA) is 434 Å². The highest BCUT2D eigenvalue weighted by Crippen LogP contribution is 2.38. The molecule has 1 aromatic heterocycles. The lowest BCUT2D eigenvalue weighted by Gasteiger charge is -2.32. The minimum absolute atomic E-state index is 0.0897. The van der Waals surface area contributed by atoms with Gasteiger partial charge in [-0.25, -0.2) is 0 Å². The van der Waals surface area contributed by atoms with Crippen LogP contribution in [0.25, 0.3) is 10.9 Å². The number of nitrogens with zero attached hydrogens (tertiary/aromatic N) is 3. The lowest BCUT2D eigenvalue weighted by Crippen LogP contribution is -2.62. The third kappa shape index (κ3) is 17.5. The Morgan fingerprint density at radius 1 is 0.816 bits per heavy atom. The molecule has 5 aliphatic rings. The van der Waals surface area contributed by atoms with Crippen molar-refractivity contribution in [3.8, 4) is 5.75 Å². The fourth-order valence-corrected chi connectivity index (χ4v) is 12.5. The van der Waals surface area contributed by atoms with Crippen molar-refractivity contribution in [2.75, 3.05) is 58.2 Å². The van der Waals surface area contributed by atoms with E-state index in [1.54, 1.807) is 19.9 Å². The molecule has 30 heteroatoms. The smallest absolute Gasteiger partial charge is 0.253 e. The molecule has 0 spiro atoms. The van der Waals surface area contributed by atoms with Crippen LogP contribution in [0.15, 0.2) is 29.3 Å². The molecule has 2 bridgehead atoms. The van der Waals surface area contributed by atoms with Crippen LogP contribution in [0.1, 0.15) is 96.1 Å². The van der Waals surface area contributed by atoms with E-state index >= 15 is 0 Å². The Kier molecular flexibility index (Phi) is 23.7. The molecule has 2 saturated heterocycles. The molecule has 5 aliphatic heterocycles. The summed E-state index contributed by atoms with van der Waals surface area (Å²) in [6.45, 7) is 4.16. The number of hydrogen-bond acceptors (Lipinski definition) is 18. The first-order chi connectivity index (χ1) is 41.5. The van der Waals surface area contributed by atoms with E-state index in [1.165, 1.54) is 30.0 Å². The van der Waals surface area contributed by atoms with E-state index in [2.05, 4.69) is 52.4 Å². The number of phenolic OH excluding ortho intramolecular Hbond substituents is 1. The number of likely N-dealkylation sites (tertiary alicyclic amines) is 1. The van der Waals surface area contributed by atoms with E-state index < -0.39 is 159 Å². The lowest BCUT2D eigenvalue weighted by atomic mass is 9.93. The predicted molar refractivity (Wildman–Crippen MR) is 312 cm³/mol. The number of nitrogens with one attached hydrogen (secondary N) is 9. The average Bonchev–Trinajstić information content (AvgIpc) is 1.77. The lowest BCUT2D eigenvalue weighted by molar-refractivity contribution is -0.144. The molecular weight excluding hydrogens is 1150 g/mol. The summed E-state index contributed by atoms with van der Waals surface area (Å²) in [4.78, 5) is 171. The van der Waals surface area contributed by atoms with E-state index in [1.807, 2.05) is 0 Å². The number of carbonyl (C=O) groups is 12. The largest absolute Gasteiger partial charge is 0.508 e. The molecule has 2 aromatic rings. The number of unbranched alkanes of at least 4 members (excludes halogenated alkanes) is 2. The third-order valence-electron chi connectivity index (χ3n) is 16.8. The van der Waals surface area contributed by atoms with Crippen LogP contribution < -0.4 is 48.3 Å². The number of aliphatic hydroxyl groups is 3. The van der Waals surface area contributed by atoms with E-state index in [-0.39, 0.29) is 46.7 Å². The van der Waals surface area contributed by atoms with Gasteiger partial charge in [0.1, 0.15) is 42.0 Å². The maximum Gasteiger partial charge on any atom is 0.253 e. The van der Waals surface area contributed by atoms with Gasteiger partial charge in [0, 0.05) is 80.2 Å². The minimum Gasteiger partial charge on any atom is -0.508 e. The van der Waals surface area contributed by atoms with E-state index in [0.717, 1.165) is 35.9 Å². The van der Waals surface area contributed by atoms with E-state index in [0.29, 0.717) is 80.3 Å². The van der Waals surface area contributed by atoms with Gasteiger partial charge in [0.25, 0.3) is 11.8 Å². The van der Waals surface area contributed by atoms with Gasteiger partial charge >= 0.3 is 0 Å². The van der Waals surface area contributed by atoms with Crippen LogP contribution in [0.5, 0.6) is 5.75 Å². The zero-order chi connectivity index (χ0) is 63.2. The number of benzene rings is 1. The number of aromatic nitrogens is 1. The van der Waals surface area contributed by atoms with E-state index in [9.17, 15) is 78.0 Å². The number of amides is 12. The molecule has 29 nitrogen and oxygen atoms in total. The van der Waals surface area contributed by atoms with E-state index in [4.69, 9.17) is 5.73 Å². The van der Waals surface area contributed by atoms with Crippen molar-refractivity contribution in [3.63, 3.8) is 0 Å². The summed E-state index contributed by atoms with van der Waals surface area (Å²) in [5, 5.41) is 65.2.